The van der Waals surface area contributed by atoms with Gasteiger partial charge in [0.15, 0.2) is 0 Å². The van der Waals surface area contributed by atoms with E-state index in [1.165, 1.54) is 4.90 Å². The molecule has 1 amide bonds. The molecule has 0 bridgehead atoms. The SMILES string of the molecule is CCS(=O)(=O)NCCC(=O)N(C)C. The van der Waals surface area contributed by atoms with E-state index >= 15 is 0 Å². The van der Waals surface area contributed by atoms with E-state index < -0.39 is 10.0 Å². The van der Waals surface area contributed by atoms with Crippen LogP contribution in [0.25, 0.3) is 0 Å². The number of nitrogens with one attached hydrogen (secondary N) is 1. The molecule has 0 aliphatic carbocycles. The van der Waals surface area contributed by atoms with Gasteiger partial charge in [-0.05, 0) is 6.92 Å². The van der Waals surface area contributed by atoms with Crippen molar-refractivity contribution in [2.45, 2.75) is 13.3 Å². The van der Waals surface area contributed by atoms with Gasteiger partial charge in [0, 0.05) is 27.1 Å². The van der Waals surface area contributed by atoms with Crippen molar-refractivity contribution in [2.24, 2.45) is 0 Å². The summed E-state index contributed by atoms with van der Waals surface area (Å²) in [5, 5.41) is 0. The molecule has 0 rings (SSSR count). The summed E-state index contributed by atoms with van der Waals surface area (Å²) < 4.78 is 24.1. The maximum atomic E-state index is 11.0. The molecule has 0 radical (unpaired) electrons. The Labute approximate surface area is 79.2 Å². The lowest BCUT2D eigenvalue weighted by molar-refractivity contribution is -0.128. The normalized spacial score (nSPS) is 11.3. The summed E-state index contributed by atoms with van der Waals surface area (Å²) in [6.45, 7) is 1.73. The fourth-order valence-electron chi connectivity index (χ4n) is 0.639. The van der Waals surface area contributed by atoms with Crippen molar-refractivity contribution in [2.75, 3.05) is 26.4 Å². The number of sulfonamides is 1. The minimum atomic E-state index is -3.16. The predicted octanol–water partition coefficient (Wildman–Crippen LogP) is -0.596. The lowest BCUT2D eigenvalue weighted by Crippen LogP contribution is -2.31. The Bertz CT molecular complexity index is 259. The largest absolute Gasteiger partial charge is 0.349 e. The molecule has 0 heterocycles. The number of carbonyl (C=O) groups is 1. The van der Waals surface area contributed by atoms with Crippen molar-refractivity contribution in [1.29, 1.82) is 0 Å². The van der Waals surface area contributed by atoms with E-state index in [0.29, 0.717) is 0 Å². The van der Waals surface area contributed by atoms with E-state index in [9.17, 15) is 13.2 Å². The Balaban J connectivity index is 3.76. The molecule has 0 aliphatic heterocycles. The molecule has 1 N–H and O–H groups in total. The molecular formula is C7H16N2O3S. The summed E-state index contributed by atoms with van der Waals surface area (Å²) in [5.74, 6) is -0.0396. The first-order chi connectivity index (χ1) is 5.89. The molecule has 0 aromatic rings. The van der Waals surface area contributed by atoms with Crippen molar-refractivity contribution >= 4 is 15.9 Å². The van der Waals surface area contributed by atoms with Gasteiger partial charge in [-0.3, -0.25) is 4.79 Å². The summed E-state index contributed by atoms with van der Waals surface area (Å²) in [7, 11) is 0.110. The third kappa shape index (κ3) is 5.59. The Hall–Kier alpha value is -0.620. The molecule has 0 unspecified atom stereocenters. The molecule has 13 heavy (non-hydrogen) atoms. The van der Waals surface area contributed by atoms with Gasteiger partial charge in [-0.2, -0.15) is 0 Å². The van der Waals surface area contributed by atoms with Crippen LogP contribution in [0.4, 0.5) is 0 Å². The number of amides is 1. The molecule has 0 fully saturated rings. The molecule has 5 nitrogen and oxygen atoms in total. The summed E-state index contributed by atoms with van der Waals surface area (Å²) >= 11 is 0. The fraction of sp³-hybridized carbons (Fsp3) is 0.857. The van der Waals surface area contributed by atoms with Gasteiger partial charge < -0.3 is 4.90 Å². The molecular weight excluding hydrogens is 192 g/mol. The van der Waals surface area contributed by atoms with Crippen molar-refractivity contribution in [1.82, 2.24) is 9.62 Å². The molecule has 6 heteroatoms. The van der Waals surface area contributed by atoms with Gasteiger partial charge in [0.1, 0.15) is 0 Å². The number of nitrogens with zero attached hydrogens (tertiary/aromatic N) is 1. The molecule has 0 spiro atoms. The van der Waals surface area contributed by atoms with Gasteiger partial charge in [-0.15, -0.1) is 0 Å². The van der Waals surface area contributed by atoms with E-state index in [4.69, 9.17) is 0 Å². The third-order valence-corrected chi connectivity index (χ3v) is 2.94. The number of rotatable bonds is 5. The van der Waals surface area contributed by atoms with Crippen LogP contribution in [0.1, 0.15) is 13.3 Å². The second kappa shape index (κ2) is 5.18. The highest BCUT2D eigenvalue weighted by molar-refractivity contribution is 7.89. The fourth-order valence-corrected chi connectivity index (χ4v) is 1.26. The average Bonchev–Trinajstić information content (AvgIpc) is 2.04. The van der Waals surface area contributed by atoms with E-state index in [-0.39, 0.29) is 24.6 Å². The van der Waals surface area contributed by atoms with E-state index in [0.717, 1.165) is 0 Å². The topological polar surface area (TPSA) is 66.5 Å². The minimum absolute atomic E-state index is 0.0448. The van der Waals surface area contributed by atoms with Crippen LogP contribution in [0.2, 0.25) is 0 Å². The Morgan fingerprint density at radius 2 is 1.92 bits per heavy atom. The number of hydrogen-bond donors (Lipinski definition) is 1. The first kappa shape index (κ1) is 12.4. The summed E-state index contributed by atoms with van der Waals surface area (Å²) in [4.78, 5) is 12.4. The van der Waals surface area contributed by atoms with Gasteiger partial charge in [-0.1, -0.05) is 0 Å². The monoisotopic (exact) mass is 208 g/mol. The Morgan fingerprint density at radius 1 is 1.38 bits per heavy atom. The summed E-state index contributed by atoms with van der Waals surface area (Å²) in [6.07, 6.45) is 0.201. The molecule has 0 aromatic heterocycles. The Kier molecular flexibility index (Phi) is 4.94. The van der Waals surface area contributed by atoms with Crippen molar-refractivity contribution in [3.63, 3.8) is 0 Å². The highest BCUT2D eigenvalue weighted by Crippen LogP contribution is 1.87. The molecule has 0 saturated carbocycles. The lowest BCUT2D eigenvalue weighted by Gasteiger charge is -2.10. The maximum absolute atomic E-state index is 11.0. The van der Waals surface area contributed by atoms with Crippen LogP contribution in [0, 0.1) is 0 Å². The molecule has 0 aliphatic rings. The molecule has 0 aromatic carbocycles. The zero-order valence-corrected chi connectivity index (χ0v) is 9.02. The van der Waals surface area contributed by atoms with E-state index in [1.807, 2.05) is 0 Å². The van der Waals surface area contributed by atoms with Crippen LogP contribution in [-0.2, 0) is 14.8 Å². The molecule has 0 saturated heterocycles. The van der Waals surface area contributed by atoms with Gasteiger partial charge in [0.2, 0.25) is 15.9 Å². The predicted molar refractivity (Wildman–Crippen MR) is 50.8 cm³/mol. The Morgan fingerprint density at radius 3 is 2.31 bits per heavy atom. The van der Waals surface area contributed by atoms with Crippen molar-refractivity contribution < 1.29 is 13.2 Å². The maximum Gasteiger partial charge on any atom is 0.223 e. The second-order valence-corrected chi connectivity index (χ2v) is 4.93. The van der Waals surface area contributed by atoms with Crippen LogP contribution < -0.4 is 4.72 Å². The second-order valence-electron chi connectivity index (χ2n) is 2.84. The molecule has 0 atom stereocenters. The first-order valence-corrected chi connectivity index (χ1v) is 5.71. The van der Waals surface area contributed by atoms with Crippen LogP contribution in [-0.4, -0.2) is 45.6 Å². The van der Waals surface area contributed by atoms with E-state index in [1.54, 1.807) is 21.0 Å². The number of carbonyl (C=O) groups excluding carboxylic acids is 1. The van der Waals surface area contributed by atoms with Crippen LogP contribution in [0.3, 0.4) is 0 Å². The summed E-state index contributed by atoms with van der Waals surface area (Å²) in [5.41, 5.74) is 0. The molecule has 78 valence electrons. The van der Waals surface area contributed by atoms with Crippen molar-refractivity contribution in [3.05, 3.63) is 0 Å². The lowest BCUT2D eigenvalue weighted by atomic mass is 10.4. The van der Waals surface area contributed by atoms with Gasteiger partial charge in [0.05, 0.1) is 5.75 Å². The smallest absolute Gasteiger partial charge is 0.223 e. The van der Waals surface area contributed by atoms with Crippen LogP contribution in [0.15, 0.2) is 0 Å². The zero-order chi connectivity index (χ0) is 10.5. The van der Waals surface area contributed by atoms with Gasteiger partial charge in [-0.25, -0.2) is 13.1 Å². The number of hydrogen-bond acceptors (Lipinski definition) is 3. The quantitative estimate of drug-likeness (QED) is 0.656. The van der Waals surface area contributed by atoms with E-state index in [2.05, 4.69) is 4.72 Å². The minimum Gasteiger partial charge on any atom is -0.349 e. The van der Waals surface area contributed by atoms with Crippen molar-refractivity contribution in [3.8, 4) is 0 Å². The zero-order valence-electron chi connectivity index (χ0n) is 8.20. The highest BCUT2D eigenvalue weighted by atomic mass is 32.2. The first-order valence-electron chi connectivity index (χ1n) is 4.06. The highest BCUT2D eigenvalue weighted by Gasteiger charge is 2.08. The average molecular weight is 208 g/mol. The van der Waals surface area contributed by atoms with Gasteiger partial charge >= 0.3 is 0 Å². The summed E-state index contributed by atoms with van der Waals surface area (Å²) in [6, 6.07) is 0. The third-order valence-electron chi connectivity index (χ3n) is 1.54. The van der Waals surface area contributed by atoms with Crippen LogP contribution >= 0.6 is 0 Å². The standard InChI is InChI=1S/C7H16N2O3S/c1-4-13(11,12)8-6-5-7(10)9(2)3/h8H,4-6H2,1-3H3. The van der Waals surface area contributed by atoms with Crippen LogP contribution in [0.5, 0.6) is 0 Å². The van der Waals surface area contributed by atoms with Gasteiger partial charge in [0.25, 0.3) is 0 Å².